The molecular weight excluding hydrogens is 821 g/mol. The van der Waals surface area contributed by atoms with Crippen molar-refractivity contribution < 1.29 is 24.5 Å². The third-order valence-electron chi connectivity index (χ3n) is 9.55. The summed E-state index contributed by atoms with van der Waals surface area (Å²) >= 11 is 1.82. The monoisotopic (exact) mass is 863 g/mol. The number of rotatable bonds is 3. The smallest absolute Gasteiger partial charge is 0.121 e. The van der Waals surface area contributed by atoms with Crippen LogP contribution in [-0.4, -0.2) is 9.97 Å². The second-order valence-corrected chi connectivity index (χ2v) is 15.8. The topological polar surface area (TPSA) is 38.9 Å². The van der Waals surface area contributed by atoms with E-state index in [4.69, 9.17) is 9.40 Å². The Morgan fingerprint density at radius 3 is 2.14 bits per heavy atom. The van der Waals surface area contributed by atoms with Gasteiger partial charge in [0.15, 0.2) is 0 Å². The minimum Gasteiger partial charge on any atom is -0.501 e. The predicted molar refractivity (Wildman–Crippen MR) is 212 cm³/mol. The summed E-state index contributed by atoms with van der Waals surface area (Å²) in [4.78, 5) is 10.7. The molecule has 0 bridgehead atoms. The number of thiophene rings is 1. The summed E-state index contributed by atoms with van der Waals surface area (Å²) in [6.45, 7) is 19.5. The van der Waals surface area contributed by atoms with Gasteiger partial charge in [-0.2, -0.15) is 0 Å². The fourth-order valence-corrected chi connectivity index (χ4v) is 7.67. The molecule has 0 amide bonds. The SMILES string of the molecule is Cc1c[c-]c(-c2cc(C)c(C)cn2)cc1.Cc1cc2c(ccc3oc4c(-c5cc(-c6c(C)cccc6C)c(C(C)(C)C)cn5)[c-]ccc4c32)s1.[Ir]. The largest absolute Gasteiger partial charge is 0.501 e. The van der Waals surface area contributed by atoms with Gasteiger partial charge in [-0.3, -0.25) is 0 Å². The molecule has 0 saturated carbocycles. The first-order valence-electron chi connectivity index (χ1n) is 17.1. The molecule has 8 aromatic rings. The first-order chi connectivity index (χ1) is 23.9. The Morgan fingerprint density at radius 2 is 1.45 bits per heavy atom. The number of fused-ring (bicyclic) bond motifs is 5. The Bertz CT molecular complexity index is 2510. The van der Waals surface area contributed by atoms with E-state index >= 15 is 0 Å². The number of hydrogen-bond donors (Lipinski definition) is 0. The molecule has 0 aliphatic rings. The molecule has 5 heteroatoms. The molecular formula is C46H42IrN2OS-2. The molecule has 259 valence electrons. The molecule has 4 heterocycles. The van der Waals surface area contributed by atoms with Crippen molar-refractivity contribution in [2.24, 2.45) is 0 Å². The van der Waals surface area contributed by atoms with E-state index in [0.717, 1.165) is 39.1 Å². The average molecular weight is 863 g/mol. The Hall–Kier alpha value is -4.41. The van der Waals surface area contributed by atoms with Crippen LogP contribution in [0.4, 0.5) is 0 Å². The fourth-order valence-electron chi connectivity index (χ4n) is 6.74. The van der Waals surface area contributed by atoms with Crippen LogP contribution < -0.4 is 0 Å². The third-order valence-corrected chi connectivity index (χ3v) is 10.6. The summed E-state index contributed by atoms with van der Waals surface area (Å²) in [6, 6.07) is 34.3. The summed E-state index contributed by atoms with van der Waals surface area (Å²) in [7, 11) is 0. The van der Waals surface area contributed by atoms with Crippen LogP contribution in [0.15, 0.2) is 95.7 Å². The molecule has 0 spiro atoms. The third kappa shape index (κ3) is 7.08. The van der Waals surface area contributed by atoms with Crippen LogP contribution in [0.1, 0.15) is 59.0 Å². The number of hydrogen-bond acceptors (Lipinski definition) is 4. The number of benzene rings is 4. The maximum atomic E-state index is 6.48. The molecule has 0 N–H and O–H groups in total. The molecule has 0 aliphatic carbocycles. The predicted octanol–water partition coefficient (Wildman–Crippen LogP) is 13.0. The van der Waals surface area contributed by atoms with E-state index in [1.54, 1.807) is 0 Å². The molecule has 8 rings (SSSR count). The molecule has 1 radical (unpaired) electrons. The van der Waals surface area contributed by atoms with Gasteiger partial charge in [0.2, 0.25) is 0 Å². The molecule has 3 nitrogen and oxygen atoms in total. The van der Waals surface area contributed by atoms with Crippen LogP contribution in [0, 0.1) is 53.7 Å². The first-order valence-corrected chi connectivity index (χ1v) is 18.0. The Kier molecular flexibility index (Phi) is 10.2. The molecule has 0 saturated heterocycles. The molecule has 0 atom stereocenters. The van der Waals surface area contributed by atoms with Crippen LogP contribution in [0.25, 0.3) is 65.7 Å². The summed E-state index contributed by atoms with van der Waals surface area (Å²) in [6.07, 6.45) is 3.96. The number of aryl methyl sites for hydroxylation is 6. The number of aromatic nitrogens is 2. The Balaban J connectivity index is 0.000000236. The van der Waals surface area contributed by atoms with Gasteiger partial charge < -0.3 is 14.4 Å². The summed E-state index contributed by atoms with van der Waals surface area (Å²) < 4.78 is 7.77. The van der Waals surface area contributed by atoms with E-state index in [2.05, 4.69) is 146 Å². The second kappa shape index (κ2) is 14.3. The van der Waals surface area contributed by atoms with Gasteiger partial charge in [0.25, 0.3) is 0 Å². The molecule has 4 aromatic carbocycles. The number of furan rings is 1. The Morgan fingerprint density at radius 1 is 0.706 bits per heavy atom. The van der Waals surface area contributed by atoms with E-state index in [1.165, 1.54) is 64.9 Å². The molecule has 51 heavy (non-hydrogen) atoms. The average Bonchev–Trinajstić information content (AvgIpc) is 3.65. The fraction of sp³-hybridized carbons (Fsp3) is 0.217. The van der Waals surface area contributed by atoms with Gasteiger partial charge in [0.05, 0.1) is 5.58 Å². The van der Waals surface area contributed by atoms with Gasteiger partial charge in [0.1, 0.15) is 5.58 Å². The summed E-state index contributed by atoms with van der Waals surface area (Å²) in [5.41, 5.74) is 15.6. The molecule has 0 unspecified atom stereocenters. The van der Waals surface area contributed by atoms with Gasteiger partial charge in [-0.1, -0.05) is 74.5 Å². The summed E-state index contributed by atoms with van der Waals surface area (Å²) in [5, 5.41) is 3.55. The van der Waals surface area contributed by atoms with Gasteiger partial charge in [-0.25, -0.2) is 0 Å². The van der Waals surface area contributed by atoms with Crippen LogP contribution in [0.3, 0.4) is 0 Å². The summed E-state index contributed by atoms with van der Waals surface area (Å²) in [5.74, 6) is 0. The van der Waals surface area contributed by atoms with Crippen molar-refractivity contribution in [2.45, 2.75) is 67.7 Å². The minimum absolute atomic E-state index is 0. The number of pyridine rings is 2. The van der Waals surface area contributed by atoms with Crippen LogP contribution >= 0.6 is 11.3 Å². The standard InChI is InChI=1S/C32H28NOS.C14H14N.Ir/c1-18-9-7-10-19(2)29(18)23-16-26(33-17-25(23)32(4,5)6)21-11-8-12-22-30-24-15-20(3)35-28(24)14-13-27(30)34-31(21)22;1-10-4-6-13(7-5-10)14-8-11(2)12(3)9-15-14;/h7-10,12-17H,1-6H3;4-6,8-9H,1-3H3;/q2*-1;. The van der Waals surface area contributed by atoms with E-state index < -0.39 is 0 Å². The maximum absolute atomic E-state index is 6.48. The maximum Gasteiger partial charge on any atom is 0.121 e. The van der Waals surface area contributed by atoms with E-state index in [9.17, 15) is 0 Å². The number of nitrogens with zero attached hydrogens (tertiary/aromatic N) is 2. The van der Waals surface area contributed by atoms with Crippen molar-refractivity contribution in [3.8, 4) is 33.6 Å². The van der Waals surface area contributed by atoms with E-state index in [-0.39, 0.29) is 25.5 Å². The van der Waals surface area contributed by atoms with Gasteiger partial charge in [-0.15, -0.1) is 64.9 Å². The van der Waals surface area contributed by atoms with E-state index in [1.807, 2.05) is 35.9 Å². The molecule has 0 aliphatic heterocycles. The van der Waals surface area contributed by atoms with Crippen molar-refractivity contribution in [3.63, 3.8) is 0 Å². The van der Waals surface area contributed by atoms with Crippen LogP contribution in [-0.2, 0) is 25.5 Å². The minimum atomic E-state index is -0.0346. The van der Waals surface area contributed by atoms with Crippen LogP contribution in [0.5, 0.6) is 0 Å². The van der Waals surface area contributed by atoms with Gasteiger partial charge in [-0.05, 0) is 103 Å². The zero-order valence-corrected chi connectivity index (χ0v) is 33.9. The van der Waals surface area contributed by atoms with Crippen LogP contribution in [0.2, 0.25) is 0 Å². The first kappa shape index (κ1) is 36.4. The zero-order valence-electron chi connectivity index (χ0n) is 30.7. The quantitative estimate of drug-likeness (QED) is 0.166. The van der Waals surface area contributed by atoms with Crippen molar-refractivity contribution in [1.82, 2.24) is 9.97 Å². The molecule has 4 aromatic heterocycles. The van der Waals surface area contributed by atoms with Gasteiger partial charge in [0, 0.05) is 52.8 Å². The Labute approximate surface area is 319 Å². The van der Waals surface area contributed by atoms with Gasteiger partial charge >= 0.3 is 0 Å². The van der Waals surface area contributed by atoms with Crippen molar-refractivity contribution in [3.05, 3.63) is 142 Å². The van der Waals surface area contributed by atoms with Crippen molar-refractivity contribution >= 4 is 43.4 Å². The van der Waals surface area contributed by atoms with E-state index in [0.29, 0.717) is 0 Å². The van der Waals surface area contributed by atoms with Crippen molar-refractivity contribution in [2.75, 3.05) is 0 Å². The van der Waals surface area contributed by atoms with Crippen molar-refractivity contribution in [1.29, 1.82) is 0 Å². The second-order valence-electron chi connectivity index (χ2n) is 14.5. The molecule has 0 fully saturated rings. The normalized spacial score (nSPS) is 11.5. The zero-order chi connectivity index (χ0) is 35.3.